The fourth-order valence-electron chi connectivity index (χ4n) is 6.26. The molecule has 206 valence electrons. The molecule has 0 aromatic heterocycles. The maximum absolute atomic E-state index is 15.3. The predicted molar refractivity (Wildman–Crippen MR) is 138 cm³/mol. The molecule has 2 aromatic carbocycles. The van der Waals surface area contributed by atoms with Gasteiger partial charge in [0.15, 0.2) is 0 Å². The van der Waals surface area contributed by atoms with Gasteiger partial charge in [0, 0.05) is 22.3 Å². The summed E-state index contributed by atoms with van der Waals surface area (Å²) in [5.41, 5.74) is 0. The van der Waals surface area contributed by atoms with Gasteiger partial charge in [0.05, 0.1) is 6.61 Å². The highest BCUT2D eigenvalue weighted by molar-refractivity contribution is 8.33. The van der Waals surface area contributed by atoms with E-state index in [-0.39, 0.29) is 23.8 Å². The molecule has 2 aromatic rings. The molecular weight excluding hydrogens is 528 g/mol. The zero-order valence-electron chi connectivity index (χ0n) is 20.9. The number of benzene rings is 2. The summed E-state index contributed by atoms with van der Waals surface area (Å²) >= 11 is 0. The van der Waals surface area contributed by atoms with E-state index in [1.165, 1.54) is 0 Å². The molecule has 0 radical (unpaired) electrons. The Bertz CT molecular complexity index is 1240. The van der Waals surface area contributed by atoms with Crippen molar-refractivity contribution in [3.05, 3.63) is 36.4 Å². The Labute approximate surface area is 217 Å². The summed E-state index contributed by atoms with van der Waals surface area (Å²) in [5, 5.41) is -3.67. The second kappa shape index (κ2) is 9.90. The van der Waals surface area contributed by atoms with Gasteiger partial charge in [-0.3, -0.25) is 0 Å². The van der Waals surface area contributed by atoms with Gasteiger partial charge in [-0.25, -0.2) is 3.63 Å². The van der Waals surface area contributed by atoms with Gasteiger partial charge in [-0.15, -0.1) is 0 Å². The van der Waals surface area contributed by atoms with Gasteiger partial charge in [0.2, 0.25) is 0 Å². The van der Waals surface area contributed by atoms with Crippen molar-refractivity contribution in [2.45, 2.75) is 74.4 Å². The first-order valence-corrected chi connectivity index (χ1v) is 16.5. The molecule has 2 aliphatic carbocycles. The van der Waals surface area contributed by atoms with Crippen LogP contribution in [0.1, 0.15) is 58.3 Å². The molecule has 3 unspecified atom stereocenters. The van der Waals surface area contributed by atoms with Crippen molar-refractivity contribution in [2.24, 2.45) is 17.8 Å². The summed E-state index contributed by atoms with van der Waals surface area (Å²) in [7, 11) is -8.63. The lowest BCUT2D eigenvalue weighted by Gasteiger charge is -2.39. The Morgan fingerprint density at radius 1 is 0.973 bits per heavy atom. The van der Waals surface area contributed by atoms with E-state index in [9.17, 15) is 8.42 Å². The van der Waals surface area contributed by atoms with Crippen LogP contribution in [0.5, 0.6) is 5.75 Å². The number of hydrogen-bond acceptors (Lipinski definition) is 4. The Morgan fingerprint density at radius 3 is 2.32 bits per heavy atom. The average molecular weight is 563 g/mol. The first-order valence-electron chi connectivity index (χ1n) is 13.2. The zero-order chi connectivity index (χ0) is 26.5. The molecule has 3 aliphatic rings. The molecule has 0 amide bonds. The molecule has 0 spiro atoms. The molecule has 5 rings (SSSR count). The second-order valence-electron chi connectivity index (χ2n) is 10.7. The third kappa shape index (κ3) is 4.75. The lowest BCUT2D eigenvalue weighted by atomic mass is 9.84. The topological polar surface area (TPSA) is 52.6 Å². The van der Waals surface area contributed by atoms with Crippen molar-refractivity contribution in [3.8, 4) is 5.75 Å². The molecule has 1 heterocycles. The minimum Gasteiger partial charge on any atom is -0.494 e. The van der Waals surface area contributed by atoms with Gasteiger partial charge in [-0.1, -0.05) is 42.2 Å². The van der Waals surface area contributed by atoms with Gasteiger partial charge >= 0.3 is 21.3 Å². The van der Waals surface area contributed by atoms with Gasteiger partial charge in [-0.05, 0) is 85.4 Å². The number of unbranched alkanes of at least 4 members (excludes halogenated alkanes) is 1. The highest BCUT2D eigenvalue weighted by Crippen LogP contribution is 2.65. The van der Waals surface area contributed by atoms with Crippen LogP contribution < -0.4 is 4.74 Å². The average Bonchev–Trinajstić information content (AvgIpc) is 3.62. The number of rotatable bonds is 10. The van der Waals surface area contributed by atoms with E-state index in [2.05, 4.69) is 6.92 Å². The standard InChI is InChI=1S/C27H34F4O4S2/c1-2-3-12-34-23-10-8-21-18-24(11-9-20(21)17-23)36(13-4-5-14-36)35-37(32,33)27(30,31)26(28,29)25-16-19-6-7-22(25)15-19/h8-11,17-19,22,25H,2-7,12-16H2,1H3. The third-order valence-corrected chi connectivity index (χ3v) is 14.0. The van der Waals surface area contributed by atoms with Crippen molar-refractivity contribution in [2.75, 3.05) is 18.1 Å². The highest BCUT2D eigenvalue weighted by Gasteiger charge is 2.73. The molecule has 10 heteroatoms. The molecular formula is C27H34F4O4S2. The number of alkyl halides is 4. The van der Waals surface area contributed by atoms with Crippen LogP contribution in [0.2, 0.25) is 0 Å². The molecule has 1 saturated heterocycles. The smallest absolute Gasteiger partial charge is 0.432 e. The quantitative estimate of drug-likeness (QED) is 0.218. The largest absolute Gasteiger partial charge is 0.494 e. The molecule has 2 bridgehead atoms. The van der Waals surface area contributed by atoms with E-state index in [1.807, 2.05) is 12.1 Å². The Kier molecular flexibility index (Phi) is 7.24. The number of hydrogen-bond donors (Lipinski definition) is 0. The van der Waals surface area contributed by atoms with Crippen molar-refractivity contribution < 1.29 is 34.3 Å². The fraction of sp³-hybridized carbons (Fsp3) is 0.630. The molecule has 1 aliphatic heterocycles. The predicted octanol–water partition coefficient (Wildman–Crippen LogP) is 7.90. The highest BCUT2D eigenvalue weighted by atomic mass is 32.3. The van der Waals surface area contributed by atoms with Crippen LogP contribution in [0, 0.1) is 17.8 Å². The van der Waals surface area contributed by atoms with Crippen LogP contribution >= 0.6 is 10.3 Å². The Hall–Kier alpha value is -1.52. The van der Waals surface area contributed by atoms with E-state index in [0.717, 1.165) is 30.0 Å². The van der Waals surface area contributed by atoms with Crippen LogP contribution in [-0.4, -0.2) is 37.7 Å². The Balaban J connectivity index is 1.42. The van der Waals surface area contributed by atoms with E-state index in [0.29, 0.717) is 42.9 Å². The number of ether oxygens (including phenoxy) is 1. The number of fused-ring (bicyclic) bond motifs is 3. The second-order valence-corrected chi connectivity index (χ2v) is 15.6. The summed E-state index contributed by atoms with van der Waals surface area (Å²) in [4.78, 5) is 0.486. The van der Waals surface area contributed by atoms with Crippen molar-refractivity contribution in [1.29, 1.82) is 0 Å². The van der Waals surface area contributed by atoms with Crippen LogP contribution in [0.25, 0.3) is 10.8 Å². The van der Waals surface area contributed by atoms with E-state index in [4.69, 9.17) is 8.37 Å². The number of halogens is 4. The molecule has 2 saturated carbocycles. The van der Waals surface area contributed by atoms with Crippen molar-refractivity contribution in [1.82, 2.24) is 0 Å². The SMILES string of the molecule is CCCCOc1ccc2cc(S3(OS(=O)(=O)C(F)(F)C(F)(F)C4CC5CCC4C5)CCCC3)ccc2c1. The van der Waals surface area contributed by atoms with Gasteiger partial charge in [0.1, 0.15) is 5.75 Å². The fourth-order valence-corrected chi connectivity index (χ4v) is 12.0. The molecule has 0 N–H and O–H groups in total. The lowest BCUT2D eigenvalue weighted by molar-refractivity contribution is -0.202. The van der Waals surface area contributed by atoms with Gasteiger partial charge < -0.3 is 4.74 Å². The lowest BCUT2D eigenvalue weighted by Crippen LogP contribution is -2.53. The zero-order valence-corrected chi connectivity index (χ0v) is 22.6. The molecule has 3 atom stereocenters. The summed E-state index contributed by atoms with van der Waals surface area (Å²) in [6.45, 7) is 2.67. The van der Waals surface area contributed by atoms with Crippen LogP contribution in [0.4, 0.5) is 17.6 Å². The van der Waals surface area contributed by atoms with Crippen molar-refractivity contribution in [3.63, 3.8) is 0 Å². The molecule has 3 fully saturated rings. The molecule has 37 heavy (non-hydrogen) atoms. The molecule has 4 nitrogen and oxygen atoms in total. The summed E-state index contributed by atoms with van der Waals surface area (Å²) in [5.74, 6) is -5.71. The first-order chi connectivity index (χ1) is 17.5. The van der Waals surface area contributed by atoms with Crippen LogP contribution in [0.15, 0.2) is 41.3 Å². The Morgan fingerprint density at radius 2 is 1.68 bits per heavy atom. The van der Waals surface area contributed by atoms with E-state index in [1.54, 1.807) is 24.3 Å². The summed E-state index contributed by atoms with van der Waals surface area (Å²) in [6.07, 6.45) is 4.71. The van der Waals surface area contributed by atoms with Crippen molar-refractivity contribution >= 4 is 31.2 Å². The summed E-state index contributed by atoms with van der Waals surface area (Å²) in [6, 6.07) is 10.7. The van der Waals surface area contributed by atoms with Crippen LogP contribution in [-0.2, 0) is 13.7 Å². The minimum absolute atomic E-state index is 0.0257. The normalized spacial score (nSPS) is 26.6. The monoisotopic (exact) mass is 562 g/mol. The van der Waals surface area contributed by atoms with E-state index >= 15 is 17.6 Å². The summed E-state index contributed by atoms with van der Waals surface area (Å²) < 4.78 is 97.9. The van der Waals surface area contributed by atoms with E-state index < -0.39 is 43.4 Å². The maximum Gasteiger partial charge on any atom is 0.432 e. The third-order valence-electron chi connectivity index (χ3n) is 8.30. The van der Waals surface area contributed by atoms with Crippen LogP contribution in [0.3, 0.4) is 0 Å². The van der Waals surface area contributed by atoms with Gasteiger partial charge in [0.25, 0.3) is 0 Å². The van der Waals surface area contributed by atoms with Gasteiger partial charge in [-0.2, -0.15) is 26.0 Å². The maximum atomic E-state index is 15.3. The first kappa shape index (κ1) is 27.1. The minimum atomic E-state index is -5.90.